The maximum atomic E-state index is 12.5. The van der Waals surface area contributed by atoms with Gasteiger partial charge in [-0.05, 0) is 30.3 Å². The van der Waals surface area contributed by atoms with Crippen molar-refractivity contribution in [2.24, 2.45) is 0 Å². The lowest BCUT2D eigenvalue weighted by Gasteiger charge is -2.04. The molecule has 0 spiro atoms. The first-order valence-corrected chi connectivity index (χ1v) is 5.08. The average molecular weight is 268 g/mol. The molecule has 4 heteroatoms. The highest BCUT2D eigenvalue weighted by atomic mass is 79.9. The Morgan fingerprint density at radius 3 is 2.67 bits per heavy atom. The van der Waals surface area contributed by atoms with Gasteiger partial charge in [-0.25, -0.2) is 4.98 Å². The van der Waals surface area contributed by atoms with E-state index in [1.807, 2.05) is 24.3 Å². The van der Waals surface area contributed by atoms with Crippen LogP contribution in [0, 0.1) is 5.95 Å². The SMILES string of the molecule is Fc1ccc(Oc2cccc(Br)c2)cn1. The van der Waals surface area contributed by atoms with Gasteiger partial charge in [0.2, 0.25) is 5.95 Å². The van der Waals surface area contributed by atoms with E-state index in [-0.39, 0.29) is 0 Å². The minimum atomic E-state index is -0.517. The number of ether oxygens (including phenoxy) is 1. The average Bonchev–Trinajstić information content (AvgIpc) is 2.22. The van der Waals surface area contributed by atoms with Gasteiger partial charge < -0.3 is 4.74 Å². The van der Waals surface area contributed by atoms with Crippen LogP contribution in [0.5, 0.6) is 11.5 Å². The molecule has 15 heavy (non-hydrogen) atoms. The number of hydrogen-bond donors (Lipinski definition) is 0. The molecule has 0 N–H and O–H groups in total. The lowest BCUT2D eigenvalue weighted by atomic mass is 10.3. The summed E-state index contributed by atoms with van der Waals surface area (Å²) in [6, 6.07) is 10.2. The maximum absolute atomic E-state index is 12.5. The zero-order valence-corrected chi connectivity index (χ0v) is 9.24. The Morgan fingerprint density at radius 2 is 2.00 bits per heavy atom. The Kier molecular flexibility index (Phi) is 2.97. The van der Waals surface area contributed by atoms with E-state index in [2.05, 4.69) is 20.9 Å². The first kappa shape index (κ1) is 10.1. The minimum absolute atomic E-state index is 0.509. The molecular weight excluding hydrogens is 261 g/mol. The van der Waals surface area contributed by atoms with Crippen LogP contribution >= 0.6 is 15.9 Å². The second-order valence-corrected chi connectivity index (χ2v) is 3.79. The lowest BCUT2D eigenvalue weighted by Crippen LogP contribution is -1.86. The van der Waals surface area contributed by atoms with Gasteiger partial charge in [0.25, 0.3) is 0 Å². The van der Waals surface area contributed by atoms with Crippen LogP contribution in [0.3, 0.4) is 0 Å². The number of rotatable bonds is 2. The Hall–Kier alpha value is -1.42. The van der Waals surface area contributed by atoms with Gasteiger partial charge in [0.15, 0.2) is 0 Å². The Balaban J connectivity index is 2.18. The van der Waals surface area contributed by atoms with E-state index >= 15 is 0 Å². The molecule has 0 fully saturated rings. The van der Waals surface area contributed by atoms with Crippen LogP contribution in [0.4, 0.5) is 4.39 Å². The van der Waals surface area contributed by atoms with Crippen molar-refractivity contribution in [3.8, 4) is 11.5 Å². The monoisotopic (exact) mass is 267 g/mol. The third-order valence-corrected chi connectivity index (χ3v) is 2.23. The molecule has 2 nitrogen and oxygen atoms in total. The fourth-order valence-corrected chi connectivity index (χ4v) is 1.47. The van der Waals surface area contributed by atoms with Crippen molar-refractivity contribution in [3.63, 3.8) is 0 Å². The van der Waals surface area contributed by atoms with Gasteiger partial charge in [-0.2, -0.15) is 4.39 Å². The van der Waals surface area contributed by atoms with Gasteiger partial charge in [-0.15, -0.1) is 0 Å². The first-order valence-electron chi connectivity index (χ1n) is 4.29. The van der Waals surface area contributed by atoms with Crippen molar-refractivity contribution in [2.75, 3.05) is 0 Å². The Bertz CT molecular complexity index is 458. The summed E-state index contributed by atoms with van der Waals surface area (Å²) in [5.41, 5.74) is 0. The van der Waals surface area contributed by atoms with Crippen LogP contribution in [-0.2, 0) is 0 Å². The number of halogens is 2. The van der Waals surface area contributed by atoms with Crippen molar-refractivity contribution in [1.82, 2.24) is 4.98 Å². The lowest BCUT2D eigenvalue weighted by molar-refractivity contribution is 0.474. The van der Waals surface area contributed by atoms with Crippen LogP contribution in [-0.4, -0.2) is 4.98 Å². The topological polar surface area (TPSA) is 22.1 Å². The van der Waals surface area contributed by atoms with E-state index in [0.717, 1.165) is 4.47 Å². The summed E-state index contributed by atoms with van der Waals surface area (Å²) in [6.45, 7) is 0. The number of nitrogens with zero attached hydrogens (tertiary/aromatic N) is 1. The second-order valence-electron chi connectivity index (χ2n) is 2.88. The molecule has 0 unspecified atom stereocenters. The molecule has 2 aromatic rings. The van der Waals surface area contributed by atoms with Crippen molar-refractivity contribution in [2.45, 2.75) is 0 Å². The third kappa shape index (κ3) is 2.76. The van der Waals surface area contributed by atoms with Gasteiger partial charge in [-0.1, -0.05) is 22.0 Å². The summed E-state index contributed by atoms with van der Waals surface area (Å²) in [6.07, 6.45) is 1.34. The van der Waals surface area contributed by atoms with Crippen molar-refractivity contribution >= 4 is 15.9 Å². The van der Waals surface area contributed by atoms with Gasteiger partial charge in [0.1, 0.15) is 11.5 Å². The molecule has 0 aliphatic carbocycles. The Morgan fingerprint density at radius 1 is 1.13 bits per heavy atom. The zero-order chi connectivity index (χ0) is 10.7. The van der Waals surface area contributed by atoms with Gasteiger partial charge in [0, 0.05) is 4.47 Å². The molecule has 0 saturated carbocycles. The fraction of sp³-hybridized carbons (Fsp3) is 0. The molecule has 2 rings (SSSR count). The van der Waals surface area contributed by atoms with Gasteiger partial charge in [0.05, 0.1) is 6.20 Å². The van der Waals surface area contributed by atoms with Crippen molar-refractivity contribution in [3.05, 3.63) is 53.0 Å². The number of hydrogen-bond acceptors (Lipinski definition) is 2. The van der Waals surface area contributed by atoms with Gasteiger partial charge in [-0.3, -0.25) is 0 Å². The van der Waals surface area contributed by atoms with E-state index < -0.39 is 5.95 Å². The molecule has 0 atom stereocenters. The summed E-state index contributed by atoms with van der Waals surface area (Å²) in [5, 5.41) is 0. The fourth-order valence-electron chi connectivity index (χ4n) is 1.09. The van der Waals surface area contributed by atoms with E-state index in [1.54, 1.807) is 0 Å². The van der Waals surface area contributed by atoms with Crippen LogP contribution < -0.4 is 4.74 Å². The molecule has 0 saturated heterocycles. The predicted octanol–water partition coefficient (Wildman–Crippen LogP) is 3.78. The Labute approximate surface area is 94.9 Å². The van der Waals surface area contributed by atoms with E-state index in [0.29, 0.717) is 11.5 Å². The largest absolute Gasteiger partial charge is 0.456 e. The second kappa shape index (κ2) is 4.40. The van der Waals surface area contributed by atoms with Crippen LogP contribution in [0.2, 0.25) is 0 Å². The maximum Gasteiger partial charge on any atom is 0.213 e. The molecule has 76 valence electrons. The predicted molar refractivity (Wildman–Crippen MR) is 58.4 cm³/mol. The van der Waals surface area contributed by atoms with Gasteiger partial charge >= 0.3 is 0 Å². The summed E-state index contributed by atoms with van der Waals surface area (Å²) in [4.78, 5) is 3.49. The van der Waals surface area contributed by atoms with E-state index in [9.17, 15) is 4.39 Å². The van der Waals surface area contributed by atoms with E-state index in [1.165, 1.54) is 18.3 Å². The van der Waals surface area contributed by atoms with Crippen molar-refractivity contribution < 1.29 is 9.13 Å². The molecule has 0 aliphatic rings. The molecule has 1 aromatic heterocycles. The van der Waals surface area contributed by atoms with Crippen LogP contribution in [0.1, 0.15) is 0 Å². The quantitative estimate of drug-likeness (QED) is 0.773. The standard InChI is InChI=1S/C11H7BrFNO/c12-8-2-1-3-9(6-8)15-10-4-5-11(13)14-7-10/h1-7H. The molecule has 0 radical (unpaired) electrons. The van der Waals surface area contributed by atoms with Crippen LogP contribution in [0.15, 0.2) is 47.1 Å². The highest BCUT2D eigenvalue weighted by Crippen LogP contribution is 2.23. The summed E-state index contributed by atoms with van der Waals surface area (Å²) in [5.74, 6) is 0.670. The minimum Gasteiger partial charge on any atom is -0.456 e. The van der Waals surface area contributed by atoms with Crippen LogP contribution in [0.25, 0.3) is 0 Å². The molecule has 1 aromatic carbocycles. The number of benzene rings is 1. The summed E-state index contributed by atoms with van der Waals surface area (Å²) >= 11 is 3.33. The summed E-state index contributed by atoms with van der Waals surface area (Å²) in [7, 11) is 0. The zero-order valence-electron chi connectivity index (χ0n) is 7.65. The molecular formula is C11H7BrFNO. The van der Waals surface area contributed by atoms with E-state index in [4.69, 9.17) is 4.74 Å². The third-order valence-electron chi connectivity index (χ3n) is 1.73. The summed E-state index contributed by atoms with van der Waals surface area (Å²) < 4.78 is 18.9. The normalized spacial score (nSPS) is 10.0. The smallest absolute Gasteiger partial charge is 0.213 e. The first-order chi connectivity index (χ1) is 7.24. The molecule has 0 aliphatic heterocycles. The number of pyridine rings is 1. The molecule has 0 bridgehead atoms. The molecule has 0 amide bonds. The highest BCUT2D eigenvalue weighted by molar-refractivity contribution is 9.10. The molecule has 1 heterocycles. The van der Waals surface area contributed by atoms with Crippen molar-refractivity contribution in [1.29, 1.82) is 0 Å². The highest BCUT2D eigenvalue weighted by Gasteiger charge is 1.98. The number of aromatic nitrogens is 1.